The molecule has 4 rings (SSSR count). The SMILES string of the molecule is COC(=O)c1ccccc1NC(=O)c1nc(Nc2cccc(C)c2)c2ccccc2n1. The van der Waals surface area contributed by atoms with E-state index in [4.69, 9.17) is 4.74 Å². The van der Waals surface area contributed by atoms with Crippen LogP contribution in [-0.4, -0.2) is 29.0 Å². The monoisotopic (exact) mass is 412 g/mol. The highest BCUT2D eigenvalue weighted by Crippen LogP contribution is 2.25. The fraction of sp³-hybridized carbons (Fsp3) is 0.0833. The highest BCUT2D eigenvalue weighted by atomic mass is 16.5. The molecule has 0 fully saturated rings. The molecule has 0 bridgehead atoms. The first-order chi connectivity index (χ1) is 15.0. The average Bonchev–Trinajstić information content (AvgIpc) is 2.79. The highest BCUT2D eigenvalue weighted by Gasteiger charge is 2.18. The van der Waals surface area contributed by atoms with Crippen LogP contribution in [-0.2, 0) is 4.74 Å². The van der Waals surface area contributed by atoms with Gasteiger partial charge in [-0.3, -0.25) is 4.79 Å². The van der Waals surface area contributed by atoms with Crippen molar-refractivity contribution in [1.29, 1.82) is 0 Å². The summed E-state index contributed by atoms with van der Waals surface area (Å²) in [5.74, 6) is -0.581. The van der Waals surface area contributed by atoms with Gasteiger partial charge in [-0.2, -0.15) is 0 Å². The van der Waals surface area contributed by atoms with Crippen LogP contribution < -0.4 is 10.6 Å². The molecule has 0 atom stereocenters. The van der Waals surface area contributed by atoms with Crippen molar-refractivity contribution in [2.45, 2.75) is 6.92 Å². The number of esters is 1. The van der Waals surface area contributed by atoms with Crippen LogP contribution in [0.2, 0.25) is 0 Å². The predicted octanol–water partition coefficient (Wildman–Crippen LogP) is 4.72. The smallest absolute Gasteiger partial charge is 0.339 e. The number of amides is 1. The number of hydrogen-bond donors (Lipinski definition) is 2. The van der Waals surface area contributed by atoms with Crippen molar-refractivity contribution in [2.24, 2.45) is 0 Å². The standard InChI is InChI=1S/C24H20N4O3/c1-15-8-7-9-16(14-15)25-21-17-10-3-5-12-19(17)26-22(28-21)23(29)27-20-13-6-4-11-18(20)24(30)31-2/h3-14H,1-2H3,(H,27,29)(H,25,26,28). The Morgan fingerprint density at radius 2 is 1.68 bits per heavy atom. The van der Waals surface area contributed by atoms with Crippen LogP contribution >= 0.6 is 0 Å². The minimum Gasteiger partial charge on any atom is -0.465 e. The lowest BCUT2D eigenvalue weighted by Gasteiger charge is -2.12. The molecule has 3 aromatic carbocycles. The molecular weight excluding hydrogens is 392 g/mol. The molecule has 0 aliphatic carbocycles. The Kier molecular flexibility index (Phi) is 5.57. The first-order valence-electron chi connectivity index (χ1n) is 9.64. The van der Waals surface area contributed by atoms with Gasteiger partial charge in [0.15, 0.2) is 0 Å². The van der Waals surface area contributed by atoms with Gasteiger partial charge in [-0.15, -0.1) is 0 Å². The lowest BCUT2D eigenvalue weighted by Crippen LogP contribution is -2.18. The number of carbonyl (C=O) groups excluding carboxylic acids is 2. The lowest BCUT2D eigenvalue weighted by molar-refractivity contribution is 0.0602. The molecule has 0 aliphatic heterocycles. The number of aryl methyl sites for hydroxylation is 1. The molecule has 7 heteroatoms. The molecule has 0 unspecified atom stereocenters. The zero-order valence-electron chi connectivity index (χ0n) is 17.0. The minimum atomic E-state index is -0.544. The Hall–Kier alpha value is -4.26. The van der Waals surface area contributed by atoms with Crippen LogP contribution in [0.25, 0.3) is 10.9 Å². The summed E-state index contributed by atoms with van der Waals surface area (Å²) in [7, 11) is 1.29. The van der Waals surface area contributed by atoms with E-state index in [2.05, 4.69) is 20.6 Å². The molecule has 0 saturated carbocycles. The van der Waals surface area contributed by atoms with E-state index in [9.17, 15) is 9.59 Å². The van der Waals surface area contributed by atoms with E-state index < -0.39 is 11.9 Å². The number of hydrogen-bond acceptors (Lipinski definition) is 6. The Labute approximate surface area is 179 Å². The normalized spacial score (nSPS) is 10.5. The van der Waals surface area contributed by atoms with Gasteiger partial charge in [0.25, 0.3) is 5.91 Å². The van der Waals surface area contributed by atoms with Crippen molar-refractivity contribution in [2.75, 3.05) is 17.7 Å². The van der Waals surface area contributed by atoms with E-state index in [-0.39, 0.29) is 11.4 Å². The topological polar surface area (TPSA) is 93.2 Å². The third kappa shape index (κ3) is 4.35. The largest absolute Gasteiger partial charge is 0.465 e. The average molecular weight is 412 g/mol. The van der Waals surface area contributed by atoms with Gasteiger partial charge >= 0.3 is 5.97 Å². The Bertz CT molecular complexity index is 1290. The van der Waals surface area contributed by atoms with E-state index in [1.165, 1.54) is 7.11 Å². The fourth-order valence-electron chi connectivity index (χ4n) is 3.19. The second-order valence-electron chi connectivity index (χ2n) is 6.90. The number of anilines is 3. The first kappa shape index (κ1) is 20.0. The summed E-state index contributed by atoms with van der Waals surface area (Å²) < 4.78 is 4.79. The molecule has 31 heavy (non-hydrogen) atoms. The molecule has 1 aromatic heterocycles. The first-order valence-corrected chi connectivity index (χ1v) is 9.64. The number of nitrogens with one attached hydrogen (secondary N) is 2. The quantitative estimate of drug-likeness (QED) is 0.461. The molecule has 2 N–H and O–H groups in total. The number of carbonyl (C=O) groups is 2. The summed E-state index contributed by atoms with van der Waals surface area (Å²) in [6.07, 6.45) is 0. The number of ether oxygens (including phenoxy) is 1. The van der Waals surface area contributed by atoms with E-state index >= 15 is 0 Å². The summed E-state index contributed by atoms with van der Waals surface area (Å²) >= 11 is 0. The molecule has 0 spiro atoms. The van der Waals surface area contributed by atoms with Crippen molar-refractivity contribution >= 4 is 40.0 Å². The number of aromatic nitrogens is 2. The molecule has 1 heterocycles. The second-order valence-corrected chi connectivity index (χ2v) is 6.90. The Balaban J connectivity index is 1.71. The molecule has 1 amide bonds. The van der Waals surface area contributed by atoms with Gasteiger partial charge in [0.05, 0.1) is 23.9 Å². The number of para-hydroxylation sites is 2. The van der Waals surface area contributed by atoms with Crippen LogP contribution in [0.4, 0.5) is 17.2 Å². The molecule has 7 nitrogen and oxygen atoms in total. The summed E-state index contributed by atoms with van der Waals surface area (Å²) in [6, 6.07) is 21.9. The van der Waals surface area contributed by atoms with Crippen molar-refractivity contribution in [3.63, 3.8) is 0 Å². The fourth-order valence-corrected chi connectivity index (χ4v) is 3.19. The van der Waals surface area contributed by atoms with Gasteiger partial charge in [0.1, 0.15) is 5.82 Å². The van der Waals surface area contributed by atoms with Crippen molar-refractivity contribution in [3.05, 3.63) is 89.7 Å². The zero-order valence-corrected chi connectivity index (χ0v) is 17.0. The highest BCUT2D eigenvalue weighted by molar-refractivity contribution is 6.07. The van der Waals surface area contributed by atoms with E-state index in [1.54, 1.807) is 24.3 Å². The maximum absolute atomic E-state index is 13.0. The molecule has 0 saturated heterocycles. The van der Waals surface area contributed by atoms with Crippen molar-refractivity contribution in [3.8, 4) is 0 Å². The maximum atomic E-state index is 13.0. The van der Waals surface area contributed by atoms with E-state index in [0.717, 1.165) is 16.6 Å². The Morgan fingerprint density at radius 1 is 0.903 bits per heavy atom. The van der Waals surface area contributed by atoms with E-state index in [0.29, 0.717) is 17.0 Å². The summed E-state index contributed by atoms with van der Waals surface area (Å²) in [5, 5.41) is 6.78. The summed E-state index contributed by atoms with van der Waals surface area (Å²) in [5.41, 5.74) is 3.15. The molecule has 154 valence electrons. The van der Waals surface area contributed by atoms with Gasteiger partial charge in [-0.25, -0.2) is 14.8 Å². The zero-order chi connectivity index (χ0) is 21.8. The third-order valence-corrected chi connectivity index (χ3v) is 4.67. The molecule has 0 radical (unpaired) electrons. The van der Waals surface area contributed by atoms with Crippen LogP contribution in [0.15, 0.2) is 72.8 Å². The predicted molar refractivity (Wildman–Crippen MR) is 120 cm³/mol. The number of benzene rings is 3. The molecule has 4 aromatic rings. The van der Waals surface area contributed by atoms with Gasteiger partial charge in [0.2, 0.25) is 5.82 Å². The molecular formula is C24H20N4O3. The Morgan fingerprint density at radius 3 is 2.48 bits per heavy atom. The van der Waals surface area contributed by atoms with Crippen molar-refractivity contribution in [1.82, 2.24) is 9.97 Å². The third-order valence-electron chi connectivity index (χ3n) is 4.67. The number of rotatable bonds is 5. The molecule has 0 aliphatic rings. The van der Waals surface area contributed by atoms with Gasteiger partial charge < -0.3 is 15.4 Å². The van der Waals surface area contributed by atoms with E-state index in [1.807, 2.05) is 55.5 Å². The van der Waals surface area contributed by atoms with Crippen molar-refractivity contribution < 1.29 is 14.3 Å². The summed E-state index contributed by atoms with van der Waals surface area (Å²) in [6.45, 7) is 2.00. The maximum Gasteiger partial charge on any atom is 0.339 e. The van der Waals surface area contributed by atoms with Crippen LogP contribution in [0.3, 0.4) is 0 Å². The van der Waals surface area contributed by atoms with Gasteiger partial charge in [-0.1, -0.05) is 36.4 Å². The van der Waals surface area contributed by atoms with Gasteiger partial charge in [-0.05, 0) is 48.9 Å². The van der Waals surface area contributed by atoms with Gasteiger partial charge in [0, 0.05) is 11.1 Å². The number of methoxy groups -OCH3 is 1. The van der Waals surface area contributed by atoms with Crippen LogP contribution in [0.1, 0.15) is 26.5 Å². The van der Waals surface area contributed by atoms with Crippen LogP contribution in [0, 0.1) is 6.92 Å². The second kappa shape index (κ2) is 8.62. The number of fused-ring (bicyclic) bond motifs is 1. The lowest BCUT2D eigenvalue weighted by atomic mass is 10.1. The minimum absolute atomic E-state index is 0.0199. The number of nitrogens with zero attached hydrogens (tertiary/aromatic N) is 2. The summed E-state index contributed by atoms with van der Waals surface area (Å²) in [4.78, 5) is 33.8. The van der Waals surface area contributed by atoms with Crippen LogP contribution in [0.5, 0.6) is 0 Å².